The van der Waals surface area contributed by atoms with Gasteiger partial charge in [0.1, 0.15) is 5.82 Å². The van der Waals surface area contributed by atoms with Crippen molar-refractivity contribution in [1.82, 2.24) is 9.97 Å². The highest BCUT2D eigenvalue weighted by molar-refractivity contribution is 5.66. The Morgan fingerprint density at radius 3 is 2.81 bits per heavy atom. The molecule has 1 aliphatic rings. The number of benzene rings is 1. The van der Waals surface area contributed by atoms with Gasteiger partial charge in [0, 0.05) is 36.5 Å². The van der Waals surface area contributed by atoms with Crippen LogP contribution in [0.5, 0.6) is 0 Å². The summed E-state index contributed by atoms with van der Waals surface area (Å²) >= 11 is 0. The molecule has 1 saturated heterocycles. The minimum absolute atomic E-state index is 0.175. The van der Waals surface area contributed by atoms with E-state index in [4.69, 9.17) is 5.73 Å². The molecule has 0 bridgehead atoms. The van der Waals surface area contributed by atoms with Crippen LogP contribution >= 0.6 is 0 Å². The summed E-state index contributed by atoms with van der Waals surface area (Å²) in [5, 5.41) is 0. The normalized spacial score (nSPS) is 18.8. The van der Waals surface area contributed by atoms with Crippen LogP contribution in [0.25, 0.3) is 11.1 Å². The van der Waals surface area contributed by atoms with Gasteiger partial charge in [0.2, 0.25) is 5.95 Å². The molecule has 0 spiro atoms. The fraction of sp³-hybridized carbons (Fsp3) is 0.375. The van der Waals surface area contributed by atoms with E-state index >= 15 is 0 Å². The number of hydrogen-bond acceptors (Lipinski definition) is 4. The van der Waals surface area contributed by atoms with Gasteiger partial charge in [0.25, 0.3) is 0 Å². The standard InChI is InChI=1S/C16H19FN4/c1-11-14(13-6-2-3-7-15(13)17)9-19-16(20-11)21-8-4-5-12(18)10-21/h2-3,6-7,9,12H,4-5,8,10,18H2,1H3. The van der Waals surface area contributed by atoms with Crippen LogP contribution in [0, 0.1) is 12.7 Å². The molecule has 21 heavy (non-hydrogen) atoms. The summed E-state index contributed by atoms with van der Waals surface area (Å²) < 4.78 is 13.9. The second kappa shape index (κ2) is 5.77. The Labute approximate surface area is 123 Å². The number of nitrogens with zero attached hydrogens (tertiary/aromatic N) is 3. The van der Waals surface area contributed by atoms with E-state index in [1.807, 2.05) is 13.0 Å². The second-order valence-corrected chi connectivity index (χ2v) is 5.50. The monoisotopic (exact) mass is 286 g/mol. The van der Waals surface area contributed by atoms with Crippen molar-refractivity contribution in [3.05, 3.63) is 42.0 Å². The van der Waals surface area contributed by atoms with Gasteiger partial charge in [-0.2, -0.15) is 0 Å². The summed E-state index contributed by atoms with van der Waals surface area (Å²) in [7, 11) is 0. The fourth-order valence-corrected chi connectivity index (χ4v) is 2.74. The lowest BCUT2D eigenvalue weighted by Gasteiger charge is -2.30. The third kappa shape index (κ3) is 2.88. The van der Waals surface area contributed by atoms with Crippen LogP contribution in [0.15, 0.2) is 30.5 Å². The number of piperidine rings is 1. The van der Waals surface area contributed by atoms with Gasteiger partial charge in [-0.1, -0.05) is 18.2 Å². The van der Waals surface area contributed by atoms with Crippen LogP contribution < -0.4 is 10.6 Å². The van der Waals surface area contributed by atoms with E-state index in [0.29, 0.717) is 11.5 Å². The maximum Gasteiger partial charge on any atom is 0.225 e. The highest BCUT2D eigenvalue weighted by Crippen LogP contribution is 2.26. The van der Waals surface area contributed by atoms with Crippen LogP contribution in [0.1, 0.15) is 18.5 Å². The number of hydrogen-bond donors (Lipinski definition) is 1. The number of halogens is 1. The van der Waals surface area contributed by atoms with Crippen LogP contribution in [-0.4, -0.2) is 29.1 Å². The van der Waals surface area contributed by atoms with Crippen molar-refractivity contribution in [2.75, 3.05) is 18.0 Å². The molecule has 1 aromatic heterocycles. The maximum atomic E-state index is 13.9. The summed E-state index contributed by atoms with van der Waals surface area (Å²) in [5.41, 5.74) is 8.05. The molecule has 0 saturated carbocycles. The highest BCUT2D eigenvalue weighted by Gasteiger charge is 2.20. The third-order valence-electron chi connectivity index (χ3n) is 3.87. The van der Waals surface area contributed by atoms with Crippen molar-refractivity contribution in [2.45, 2.75) is 25.8 Å². The average Bonchev–Trinajstić information content (AvgIpc) is 2.48. The fourth-order valence-electron chi connectivity index (χ4n) is 2.74. The average molecular weight is 286 g/mol. The first kappa shape index (κ1) is 13.9. The summed E-state index contributed by atoms with van der Waals surface area (Å²) in [6.07, 6.45) is 3.80. The van der Waals surface area contributed by atoms with Crippen molar-refractivity contribution in [1.29, 1.82) is 0 Å². The Hall–Kier alpha value is -2.01. The first-order chi connectivity index (χ1) is 10.1. The molecule has 1 unspecified atom stereocenters. The molecule has 0 amide bonds. The number of anilines is 1. The molecular weight excluding hydrogens is 267 g/mol. The summed E-state index contributed by atoms with van der Waals surface area (Å²) in [6, 6.07) is 6.87. The van der Waals surface area contributed by atoms with Crippen LogP contribution in [0.3, 0.4) is 0 Å². The SMILES string of the molecule is Cc1nc(N2CCCC(N)C2)ncc1-c1ccccc1F. The molecular formula is C16H19FN4. The van der Waals surface area contributed by atoms with Crippen LogP contribution in [-0.2, 0) is 0 Å². The number of rotatable bonds is 2. The third-order valence-corrected chi connectivity index (χ3v) is 3.87. The van der Waals surface area contributed by atoms with Crippen molar-refractivity contribution in [3.63, 3.8) is 0 Å². The molecule has 4 nitrogen and oxygen atoms in total. The Bertz CT molecular complexity index is 644. The molecule has 1 atom stereocenters. The van der Waals surface area contributed by atoms with Crippen molar-refractivity contribution < 1.29 is 4.39 Å². The van der Waals surface area contributed by atoms with E-state index in [2.05, 4.69) is 14.9 Å². The lowest BCUT2D eigenvalue weighted by molar-refractivity contribution is 0.499. The smallest absolute Gasteiger partial charge is 0.225 e. The van der Waals surface area contributed by atoms with Gasteiger partial charge in [-0.15, -0.1) is 0 Å². The van der Waals surface area contributed by atoms with E-state index in [1.165, 1.54) is 6.07 Å². The van der Waals surface area contributed by atoms with Gasteiger partial charge < -0.3 is 10.6 Å². The number of nitrogens with two attached hydrogens (primary N) is 1. The molecule has 1 aromatic carbocycles. The Kier molecular flexibility index (Phi) is 3.84. The molecule has 2 aromatic rings. The van der Waals surface area contributed by atoms with E-state index in [-0.39, 0.29) is 11.9 Å². The van der Waals surface area contributed by atoms with Crippen molar-refractivity contribution >= 4 is 5.95 Å². The topological polar surface area (TPSA) is 55.0 Å². The van der Waals surface area contributed by atoms with Crippen LogP contribution in [0.4, 0.5) is 10.3 Å². The first-order valence-electron chi connectivity index (χ1n) is 7.24. The largest absolute Gasteiger partial charge is 0.339 e. The molecule has 110 valence electrons. The maximum absolute atomic E-state index is 13.9. The Balaban J connectivity index is 1.91. The number of aryl methyl sites for hydroxylation is 1. The zero-order chi connectivity index (χ0) is 14.8. The van der Waals surface area contributed by atoms with E-state index in [0.717, 1.165) is 37.2 Å². The summed E-state index contributed by atoms with van der Waals surface area (Å²) in [4.78, 5) is 11.1. The van der Waals surface area contributed by atoms with Gasteiger partial charge in [-0.05, 0) is 25.8 Å². The predicted molar refractivity (Wildman–Crippen MR) is 81.6 cm³/mol. The first-order valence-corrected chi connectivity index (χ1v) is 7.24. The molecule has 2 N–H and O–H groups in total. The minimum atomic E-state index is -0.253. The highest BCUT2D eigenvalue weighted by atomic mass is 19.1. The summed E-state index contributed by atoms with van der Waals surface area (Å²) in [5.74, 6) is 0.430. The zero-order valence-corrected chi connectivity index (χ0v) is 12.1. The van der Waals surface area contributed by atoms with Gasteiger partial charge in [0.05, 0.1) is 5.69 Å². The molecule has 2 heterocycles. The Morgan fingerprint density at radius 1 is 1.29 bits per heavy atom. The van der Waals surface area contributed by atoms with Gasteiger partial charge in [-0.3, -0.25) is 0 Å². The number of aromatic nitrogens is 2. The lowest BCUT2D eigenvalue weighted by Crippen LogP contribution is -2.43. The lowest BCUT2D eigenvalue weighted by atomic mass is 10.1. The van der Waals surface area contributed by atoms with E-state index in [9.17, 15) is 4.39 Å². The summed E-state index contributed by atoms with van der Waals surface area (Å²) in [6.45, 7) is 3.58. The Morgan fingerprint density at radius 2 is 2.10 bits per heavy atom. The predicted octanol–water partition coefficient (Wildman–Crippen LogP) is 2.52. The minimum Gasteiger partial charge on any atom is -0.339 e. The van der Waals surface area contributed by atoms with E-state index < -0.39 is 0 Å². The van der Waals surface area contributed by atoms with Gasteiger partial charge in [0.15, 0.2) is 0 Å². The molecule has 0 aliphatic carbocycles. The second-order valence-electron chi connectivity index (χ2n) is 5.50. The van der Waals surface area contributed by atoms with Gasteiger partial charge in [-0.25, -0.2) is 14.4 Å². The van der Waals surface area contributed by atoms with E-state index in [1.54, 1.807) is 18.3 Å². The molecule has 0 radical (unpaired) electrons. The quantitative estimate of drug-likeness (QED) is 0.921. The molecule has 3 rings (SSSR count). The molecule has 1 aliphatic heterocycles. The van der Waals surface area contributed by atoms with Crippen molar-refractivity contribution in [2.24, 2.45) is 5.73 Å². The van der Waals surface area contributed by atoms with Crippen LogP contribution in [0.2, 0.25) is 0 Å². The zero-order valence-electron chi connectivity index (χ0n) is 12.1. The molecule has 1 fully saturated rings. The molecule has 5 heteroatoms. The van der Waals surface area contributed by atoms with Crippen molar-refractivity contribution in [3.8, 4) is 11.1 Å². The van der Waals surface area contributed by atoms with Gasteiger partial charge >= 0.3 is 0 Å².